The average Bonchev–Trinajstić information content (AvgIpc) is 3.45. The molecule has 0 radical (unpaired) electrons. The Morgan fingerprint density at radius 2 is 1.70 bits per heavy atom. The van der Waals surface area contributed by atoms with Crippen molar-refractivity contribution in [1.82, 2.24) is 10.6 Å². The zero-order chi connectivity index (χ0) is 43.6. The molecule has 334 valence electrons. The lowest BCUT2D eigenvalue weighted by Crippen LogP contribution is -2.67. The van der Waals surface area contributed by atoms with Gasteiger partial charge in [0.05, 0.1) is 31.1 Å². The Morgan fingerprint density at radius 1 is 0.950 bits per heavy atom. The lowest BCUT2D eigenvalue weighted by atomic mass is 9.55. The van der Waals surface area contributed by atoms with Gasteiger partial charge in [0.1, 0.15) is 55.1 Å². The van der Waals surface area contributed by atoms with Crippen molar-refractivity contribution in [3.05, 3.63) is 29.3 Å². The maximum Gasteiger partial charge on any atom is 0.335 e. The molecule has 2 saturated heterocycles. The molecule has 2 saturated carbocycles. The van der Waals surface area contributed by atoms with E-state index in [1.165, 1.54) is 12.5 Å². The number of fused-ring (bicyclic) bond motifs is 5. The highest BCUT2D eigenvalue weighted by molar-refractivity contribution is 5.81. The van der Waals surface area contributed by atoms with Crippen LogP contribution < -0.4 is 10.6 Å². The molecule has 19 heteroatoms. The molecule has 60 heavy (non-hydrogen) atoms. The van der Waals surface area contributed by atoms with Gasteiger partial charge in [0.15, 0.2) is 12.4 Å². The number of aliphatic hydroxyl groups is 4. The van der Waals surface area contributed by atoms with Crippen LogP contribution in [0.1, 0.15) is 82.8 Å². The smallest absolute Gasteiger partial charge is 0.335 e. The summed E-state index contributed by atoms with van der Waals surface area (Å²) in [5.41, 5.74) is 2.00. The van der Waals surface area contributed by atoms with Crippen molar-refractivity contribution in [1.29, 1.82) is 0 Å². The minimum Gasteiger partial charge on any atom is -0.508 e. The summed E-state index contributed by atoms with van der Waals surface area (Å²) in [6, 6.07) is 4.52. The van der Waals surface area contributed by atoms with Crippen LogP contribution in [0.5, 0.6) is 5.75 Å². The zero-order valence-electron chi connectivity index (χ0n) is 34.1. The molecule has 2 amide bonds. The van der Waals surface area contributed by atoms with E-state index in [-0.39, 0.29) is 37.5 Å². The van der Waals surface area contributed by atoms with Gasteiger partial charge in [0.2, 0.25) is 11.8 Å². The van der Waals surface area contributed by atoms with Crippen molar-refractivity contribution in [2.24, 2.45) is 17.3 Å². The minimum absolute atomic E-state index is 0.133. The number of carboxylic acids is 1. The maximum atomic E-state index is 13.0. The fraction of sp³-hybridized carbons (Fsp3) is 0.732. The second kappa shape index (κ2) is 19.0. The second-order valence-corrected chi connectivity index (χ2v) is 17.0. The summed E-state index contributed by atoms with van der Waals surface area (Å²) in [7, 11) is 1.13. The van der Waals surface area contributed by atoms with Crippen LogP contribution in [-0.4, -0.2) is 154 Å². The van der Waals surface area contributed by atoms with E-state index in [9.17, 15) is 54.6 Å². The predicted octanol–water partition coefficient (Wildman–Crippen LogP) is -0.455. The van der Waals surface area contributed by atoms with Gasteiger partial charge in [-0.2, -0.15) is 0 Å². The first-order valence-corrected chi connectivity index (χ1v) is 20.6. The van der Waals surface area contributed by atoms with Gasteiger partial charge in [0.25, 0.3) is 0 Å². The van der Waals surface area contributed by atoms with Crippen molar-refractivity contribution in [2.75, 3.05) is 20.3 Å². The monoisotopic (exact) mass is 850 g/mol. The number of phenolic OH excluding ortho intramolecular Hbond substituents is 1. The molecular weight excluding hydrogens is 792 g/mol. The predicted molar refractivity (Wildman–Crippen MR) is 204 cm³/mol. The van der Waals surface area contributed by atoms with Crippen LogP contribution in [0, 0.1) is 17.3 Å². The van der Waals surface area contributed by atoms with Crippen molar-refractivity contribution in [3.8, 4) is 5.75 Å². The molecule has 3 aliphatic carbocycles. The van der Waals surface area contributed by atoms with E-state index in [1.54, 1.807) is 13.0 Å². The summed E-state index contributed by atoms with van der Waals surface area (Å²) in [4.78, 5) is 62.1. The third-order valence-electron chi connectivity index (χ3n) is 13.2. The van der Waals surface area contributed by atoms with Crippen LogP contribution in [-0.2, 0) is 58.8 Å². The number of phenols is 1. The number of hydrogen-bond acceptors (Lipinski definition) is 16. The molecule has 19 nitrogen and oxygen atoms in total. The number of aliphatic hydroxyl groups excluding tert-OH is 4. The molecule has 2 aliphatic heterocycles. The van der Waals surface area contributed by atoms with Gasteiger partial charge >= 0.3 is 17.9 Å². The molecular formula is C41H58N2O17. The Labute approximate surface area is 347 Å². The van der Waals surface area contributed by atoms with E-state index in [0.29, 0.717) is 18.3 Å². The summed E-state index contributed by atoms with van der Waals surface area (Å²) in [6.45, 7) is 4.20. The number of methoxy groups -OCH3 is 1. The van der Waals surface area contributed by atoms with Gasteiger partial charge in [-0.25, -0.2) is 4.79 Å². The van der Waals surface area contributed by atoms with Gasteiger partial charge in [-0.15, -0.1) is 0 Å². The number of aliphatic carboxylic acids is 1. The Balaban J connectivity index is 0.942. The van der Waals surface area contributed by atoms with Crippen LogP contribution in [0.25, 0.3) is 0 Å². The van der Waals surface area contributed by atoms with Crippen LogP contribution in [0.2, 0.25) is 0 Å². The van der Waals surface area contributed by atoms with Crippen LogP contribution in [0.4, 0.5) is 0 Å². The Hall–Kier alpha value is -3.95. The van der Waals surface area contributed by atoms with Crippen molar-refractivity contribution in [3.63, 3.8) is 0 Å². The van der Waals surface area contributed by atoms with Crippen LogP contribution in [0.3, 0.4) is 0 Å². The number of rotatable bonds is 14. The average molecular weight is 851 g/mol. The van der Waals surface area contributed by atoms with Crippen molar-refractivity contribution >= 4 is 29.7 Å². The largest absolute Gasteiger partial charge is 0.508 e. The highest BCUT2D eigenvalue weighted by Crippen LogP contribution is 2.61. The van der Waals surface area contributed by atoms with E-state index in [4.69, 9.17) is 28.4 Å². The third-order valence-corrected chi connectivity index (χ3v) is 13.2. The second-order valence-electron chi connectivity index (χ2n) is 17.0. The Kier molecular flexibility index (Phi) is 14.4. The van der Waals surface area contributed by atoms with E-state index in [2.05, 4.69) is 17.6 Å². The standard InChI is InChI=1S/C41H58N2O17/c1-18-31(43-19(2)44)35(59-40-34(52)33(51)36(55-4)37(60-40)39(53)54)32(50)27(57-18)17-56-29(48)12-14-42-28(47)9-10-30(49)58-38-26(46)16-25-24-7-5-20-15-21(45)6-8-22(20)23(24)11-13-41(25,38)3/h6,8,15,18,23-27,31-38,40,45-46,50-52H,5,7,9-14,16-17H2,1-4H3,(H,42,47)(H,43,44)(H,53,54)/t18?,23-,24-,25+,26-,27?,31?,32?,33?,34?,35?,36?,37?,38+,40?,41+/m1/s1. The van der Waals surface area contributed by atoms with Crippen molar-refractivity contribution < 1.29 is 83.0 Å². The fourth-order valence-electron chi connectivity index (χ4n) is 10.2. The number of aryl methyl sites for hydroxylation is 1. The van der Waals surface area contributed by atoms with Gasteiger partial charge in [-0.1, -0.05) is 13.0 Å². The third kappa shape index (κ3) is 9.57. The normalized spacial score (nSPS) is 38.4. The number of amides is 2. The number of aromatic hydroxyl groups is 1. The molecule has 10 unspecified atom stereocenters. The van der Waals surface area contributed by atoms with Crippen LogP contribution >= 0.6 is 0 Å². The highest BCUT2D eigenvalue weighted by atomic mass is 16.7. The molecule has 0 bridgehead atoms. The Bertz CT molecular complexity index is 1750. The molecule has 16 atom stereocenters. The first-order valence-electron chi connectivity index (χ1n) is 20.6. The molecule has 0 aromatic heterocycles. The summed E-state index contributed by atoms with van der Waals surface area (Å²) in [6.07, 6.45) is -12.0. The first-order chi connectivity index (χ1) is 28.4. The van der Waals surface area contributed by atoms with Gasteiger partial charge < -0.3 is 69.7 Å². The number of benzene rings is 1. The molecule has 1 aromatic carbocycles. The van der Waals surface area contributed by atoms with Gasteiger partial charge in [-0.3, -0.25) is 19.2 Å². The maximum absolute atomic E-state index is 13.0. The number of esters is 2. The first kappa shape index (κ1) is 45.6. The topological polar surface area (TPSA) is 286 Å². The van der Waals surface area contributed by atoms with E-state index >= 15 is 0 Å². The highest BCUT2D eigenvalue weighted by Gasteiger charge is 2.60. The van der Waals surface area contributed by atoms with E-state index in [1.807, 2.05) is 12.1 Å². The summed E-state index contributed by atoms with van der Waals surface area (Å²) in [5, 5.41) is 68.3. The molecule has 2 heterocycles. The number of nitrogens with one attached hydrogen (secondary N) is 2. The van der Waals surface area contributed by atoms with E-state index < -0.39 is 115 Å². The Morgan fingerprint density at radius 3 is 2.40 bits per heavy atom. The summed E-state index contributed by atoms with van der Waals surface area (Å²) < 4.78 is 33.2. The van der Waals surface area contributed by atoms with Crippen LogP contribution in [0.15, 0.2) is 18.2 Å². The molecule has 6 rings (SSSR count). The lowest BCUT2D eigenvalue weighted by molar-refractivity contribution is -0.327. The minimum atomic E-state index is -1.82. The fourth-order valence-corrected chi connectivity index (χ4v) is 10.2. The van der Waals surface area contributed by atoms with Gasteiger partial charge in [-0.05, 0) is 80.0 Å². The van der Waals surface area contributed by atoms with E-state index in [0.717, 1.165) is 38.4 Å². The molecule has 5 aliphatic rings. The lowest BCUT2D eigenvalue weighted by Gasteiger charge is -2.50. The summed E-state index contributed by atoms with van der Waals surface area (Å²) in [5.74, 6) is -2.87. The van der Waals surface area contributed by atoms with Gasteiger partial charge in [0, 0.05) is 32.4 Å². The molecule has 4 fully saturated rings. The number of carboxylic acid groups (broad SMARTS) is 1. The molecule has 1 aromatic rings. The number of hydrogen-bond donors (Lipinski definition) is 8. The number of ether oxygens (including phenoxy) is 6. The molecule has 0 spiro atoms. The quantitative estimate of drug-likeness (QED) is 0.110. The number of carbonyl (C=O) groups excluding carboxylic acids is 4. The number of carbonyl (C=O) groups is 5. The zero-order valence-corrected chi connectivity index (χ0v) is 34.1. The SMILES string of the molecule is COC1C(C(=O)O)OC(OC2C(O)C(COC(=O)CCNC(=O)CCC(=O)O[C@H]3[C@H](O)C[C@H]4[C@@H]5CCc6cc(O)ccc6[C@H]5CC[C@@]43C)OC(C)C2NC(C)=O)C(O)C1O. The summed E-state index contributed by atoms with van der Waals surface area (Å²) >= 11 is 0. The molecule has 8 N–H and O–H groups in total. The van der Waals surface area contributed by atoms with Crippen molar-refractivity contribution in [2.45, 2.75) is 151 Å².